The molecule has 0 bridgehead atoms. The van der Waals surface area contributed by atoms with Gasteiger partial charge in [0.1, 0.15) is 0 Å². The van der Waals surface area contributed by atoms with E-state index in [4.69, 9.17) is 0 Å². The van der Waals surface area contributed by atoms with Crippen molar-refractivity contribution in [2.45, 2.75) is 35.1 Å². The van der Waals surface area contributed by atoms with Crippen LogP contribution >= 0.6 is 0 Å². The zero-order valence-electron chi connectivity index (χ0n) is 5.14. The molecule has 1 aliphatic rings. The second-order valence-electron chi connectivity index (χ2n) is 2.67. The molecule has 1 rings (SSSR count). The Morgan fingerprint density at radius 2 is 1.00 bits per heavy atom. The first-order valence-corrected chi connectivity index (χ1v) is 6.10. The molecule has 2 unspecified atom stereocenters. The first kappa shape index (κ1) is 7.23. The van der Waals surface area contributed by atoms with Crippen molar-refractivity contribution in [2.24, 2.45) is 0 Å². The van der Waals surface area contributed by atoms with Crippen molar-refractivity contribution in [1.29, 1.82) is 0 Å². The molecule has 0 aliphatic heterocycles. The van der Waals surface area contributed by atoms with Crippen molar-refractivity contribution in [2.75, 3.05) is 0 Å². The Morgan fingerprint density at radius 1 is 0.750 bits per heavy atom. The Hall–Kier alpha value is 1.12. The van der Waals surface area contributed by atoms with Crippen LogP contribution in [0.3, 0.4) is 0 Å². The monoisotopic (exact) mass is 236 g/mol. The molecule has 0 heterocycles. The van der Waals surface area contributed by atoms with Crippen LogP contribution in [0.15, 0.2) is 0 Å². The molecule has 0 spiro atoms. The van der Waals surface area contributed by atoms with Crippen LogP contribution in [-0.4, -0.2) is 33.7 Å². The molecular weight excluding hydrogens is 222 g/mol. The average molecular weight is 236 g/mol. The third-order valence-corrected chi connectivity index (χ3v) is 4.61. The van der Waals surface area contributed by atoms with Crippen LogP contribution in [0.25, 0.3) is 0 Å². The van der Waals surface area contributed by atoms with Crippen LogP contribution in [0.1, 0.15) is 25.7 Å². The maximum atomic E-state index is 1.96. The van der Waals surface area contributed by atoms with Gasteiger partial charge >= 0.3 is 68.8 Å². The predicted octanol–water partition coefficient (Wildman–Crippen LogP) is 0.404. The van der Waals surface area contributed by atoms with Crippen LogP contribution in [-0.2, 0) is 0 Å². The summed E-state index contributed by atoms with van der Waals surface area (Å²) >= 11 is 3.92. The van der Waals surface area contributed by atoms with Crippen LogP contribution in [0.2, 0.25) is 9.41 Å². The zero-order valence-corrected chi connectivity index (χ0v) is 9.98. The molecule has 48 valence electrons. The predicted molar refractivity (Wildman–Crippen MR) is 43.1 cm³/mol. The van der Waals surface area contributed by atoms with Gasteiger partial charge in [-0.15, -0.1) is 0 Å². The fourth-order valence-electron chi connectivity index (χ4n) is 1.14. The quantitative estimate of drug-likeness (QED) is 0.534. The molecule has 1 aliphatic carbocycles. The van der Waals surface area contributed by atoms with Crippen molar-refractivity contribution >= 4 is 33.7 Å². The molecule has 0 nitrogen and oxygen atoms in total. The molecule has 1 saturated carbocycles. The summed E-state index contributed by atoms with van der Waals surface area (Å²) in [6.07, 6.45) is 6.07. The van der Waals surface area contributed by atoms with E-state index in [9.17, 15) is 0 Å². The van der Waals surface area contributed by atoms with Gasteiger partial charge in [-0.05, 0) is 0 Å². The van der Waals surface area contributed by atoms with E-state index in [1.54, 1.807) is 0 Å². The zero-order chi connectivity index (χ0) is 5.98. The molecule has 0 aromatic carbocycles. The van der Waals surface area contributed by atoms with E-state index in [0.29, 0.717) is 0 Å². The fraction of sp³-hybridized carbons (Fsp3) is 1.00. The molecule has 0 aromatic heterocycles. The van der Waals surface area contributed by atoms with E-state index < -0.39 is 0 Å². The number of hydrogen-bond donors (Lipinski definition) is 0. The van der Waals surface area contributed by atoms with Crippen LogP contribution < -0.4 is 0 Å². The summed E-state index contributed by atoms with van der Waals surface area (Å²) in [5.74, 6) is 0. The van der Waals surface area contributed by atoms with Crippen LogP contribution in [0, 0.1) is 0 Å². The molecular formula is C6H14As2. The topological polar surface area (TPSA) is 0 Å². The van der Waals surface area contributed by atoms with E-state index in [0.717, 1.165) is 9.41 Å². The summed E-state index contributed by atoms with van der Waals surface area (Å²) in [7, 11) is 0. The number of hydrogen-bond acceptors (Lipinski definition) is 0. The average Bonchev–Trinajstić information content (AvgIpc) is 1.77. The van der Waals surface area contributed by atoms with Gasteiger partial charge in [0.25, 0.3) is 0 Å². The van der Waals surface area contributed by atoms with Crippen molar-refractivity contribution < 1.29 is 0 Å². The summed E-state index contributed by atoms with van der Waals surface area (Å²) < 4.78 is 2.18. The van der Waals surface area contributed by atoms with E-state index in [1.165, 1.54) is 25.7 Å². The molecule has 0 saturated heterocycles. The summed E-state index contributed by atoms with van der Waals surface area (Å²) in [5, 5.41) is 0. The first-order valence-electron chi connectivity index (χ1n) is 3.30. The Kier molecular flexibility index (Phi) is 3.01. The molecule has 2 heteroatoms. The molecule has 2 atom stereocenters. The maximum absolute atomic E-state index is 1.96. The first-order chi connectivity index (χ1) is 3.79. The van der Waals surface area contributed by atoms with Gasteiger partial charge in [0.2, 0.25) is 0 Å². The summed E-state index contributed by atoms with van der Waals surface area (Å²) in [4.78, 5) is 0. The van der Waals surface area contributed by atoms with E-state index in [2.05, 4.69) is 0 Å². The van der Waals surface area contributed by atoms with Gasteiger partial charge in [0, 0.05) is 0 Å². The van der Waals surface area contributed by atoms with Gasteiger partial charge in [0.15, 0.2) is 0 Å². The van der Waals surface area contributed by atoms with Gasteiger partial charge in [-0.3, -0.25) is 0 Å². The van der Waals surface area contributed by atoms with Gasteiger partial charge in [0.05, 0.1) is 0 Å². The van der Waals surface area contributed by atoms with Crippen LogP contribution in [0.5, 0.6) is 0 Å². The normalized spacial score (nSPS) is 39.8. The van der Waals surface area contributed by atoms with Crippen molar-refractivity contribution in [3.8, 4) is 0 Å². The Bertz CT molecular complexity index is 54.9. The van der Waals surface area contributed by atoms with Gasteiger partial charge in [-0.1, -0.05) is 0 Å². The van der Waals surface area contributed by atoms with Crippen LogP contribution in [0.4, 0.5) is 0 Å². The molecule has 8 heavy (non-hydrogen) atoms. The fourth-order valence-corrected chi connectivity index (χ4v) is 2.76. The molecule has 0 radical (unpaired) electrons. The third-order valence-electron chi connectivity index (χ3n) is 1.82. The minimum absolute atomic E-state index is 1.09. The van der Waals surface area contributed by atoms with Gasteiger partial charge in [-0.2, -0.15) is 0 Å². The molecule has 0 amide bonds. The van der Waals surface area contributed by atoms with E-state index in [-0.39, 0.29) is 0 Å². The van der Waals surface area contributed by atoms with E-state index in [1.807, 2.05) is 33.7 Å². The second-order valence-corrected chi connectivity index (χ2v) is 6.63. The van der Waals surface area contributed by atoms with Gasteiger partial charge in [-0.25, -0.2) is 0 Å². The third kappa shape index (κ3) is 2.15. The Balaban J connectivity index is 2.19. The summed E-state index contributed by atoms with van der Waals surface area (Å²) in [6, 6.07) is 0. The van der Waals surface area contributed by atoms with E-state index >= 15 is 0 Å². The van der Waals surface area contributed by atoms with Crippen molar-refractivity contribution in [3.63, 3.8) is 0 Å². The van der Waals surface area contributed by atoms with Crippen molar-refractivity contribution in [3.05, 3.63) is 0 Å². The SMILES string of the molecule is [AsH2]C1CCC([AsH2])CC1. The summed E-state index contributed by atoms with van der Waals surface area (Å²) in [5.41, 5.74) is 0. The summed E-state index contributed by atoms with van der Waals surface area (Å²) in [6.45, 7) is 0. The minimum atomic E-state index is 1.09. The molecule has 0 N–H and O–H groups in total. The second kappa shape index (κ2) is 3.33. The molecule has 1 fully saturated rings. The van der Waals surface area contributed by atoms with Crippen molar-refractivity contribution in [1.82, 2.24) is 0 Å². The van der Waals surface area contributed by atoms with Gasteiger partial charge < -0.3 is 0 Å². The standard InChI is InChI=1S/C6H14As2/c7-5-1-2-6(8)4-3-5/h5-6H,1-4,7-8H2. The Labute approximate surface area is 68.8 Å². The Morgan fingerprint density at radius 3 is 1.25 bits per heavy atom. The molecule has 0 aromatic rings. The number of rotatable bonds is 0.